The van der Waals surface area contributed by atoms with Crippen LogP contribution in [0.25, 0.3) is 0 Å². The maximum Gasteiger partial charge on any atom is 0.337 e. The Labute approximate surface area is 170 Å². The molecule has 0 heterocycles. The van der Waals surface area contributed by atoms with Crippen molar-refractivity contribution in [2.45, 2.75) is 16.7 Å². The van der Waals surface area contributed by atoms with Crippen LogP contribution >= 0.6 is 0 Å². The Morgan fingerprint density at radius 3 is 2.17 bits per heavy atom. The summed E-state index contributed by atoms with van der Waals surface area (Å²) in [4.78, 5) is 11.2. The fraction of sp³-hybridized carbons (Fsp3) is 0.278. The Hall–Kier alpha value is -2.63. The largest absolute Gasteiger partial charge is 0.492 e. The molecule has 0 atom stereocenters. The van der Waals surface area contributed by atoms with Gasteiger partial charge in [-0.1, -0.05) is 0 Å². The first-order valence-electron chi connectivity index (χ1n) is 8.43. The third-order valence-electron chi connectivity index (χ3n) is 3.84. The molecule has 0 bridgehead atoms. The number of benzene rings is 2. The molecular formula is C18H22N2O7S2. The van der Waals surface area contributed by atoms with Crippen LogP contribution in [0.1, 0.15) is 17.3 Å². The van der Waals surface area contributed by atoms with E-state index in [1.807, 2.05) is 0 Å². The molecule has 0 radical (unpaired) electrons. The standard InChI is InChI=1S/C18H22N2O7S2/c1-5-27-16-11-8-14(12-17(16)29(24,25)20(2)3)19-28(22,23)15-9-6-13(7-10-15)18(21)26-4/h6-12,19H,5H2,1-4H3. The Bertz CT molecular complexity index is 1090. The van der Waals surface area contributed by atoms with Gasteiger partial charge in [-0.2, -0.15) is 0 Å². The minimum Gasteiger partial charge on any atom is -0.492 e. The van der Waals surface area contributed by atoms with Gasteiger partial charge in [0.15, 0.2) is 0 Å². The third kappa shape index (κ3) is 5.05. The fourth-order valence-corrected chi connectivity index (χ4v) is 4.45. The van der Waals surface area contributed by atoms with E-state index in [-0.39, 0.29) is 33.4 Å². The van der Waals surface area contributed by atoms with Crippen molar-refractivity contribution in [3.05, 3.63) is 48.0 Å². The van der Waals surface area contributed by atoms with Gasteiger partial charge in [-0.25, -0.2) is 25.9 Å². The van der Waals surface area contributed by atoms with E-state index in [4.69, 9.17) is 4.74 Å². The molecule has 0 fully saturated rings. The monoisotopic (exact) mass is 442 g/mol. The average molecular weight is 443 g/mol. The molecule has 0 amide bonds. The molecule has 158 valence electrons. The minimum absolute atomic E-state index is 0.0472. The number of esters is 1. The van der Waals surface area contributed by atoms with Crippen molar-refractivity contribution in [1.82, 2.24) is 4.31 Å². The second kappa shape index (κ2) is 8.80. The fourth-order valence-electron chi connectivity index (χ4n) is 2.35. The van der Waals surface area contributed by atoms with Crippen molar-refractivity contribution in [3.8, 4) is 5.75 Å². The van der Waals surface area contributed by atoms with Gasteiger partial charge in [0.1, 0.15) is 10.6 Å². The SMILES string of the molecule is CCOc1ccc(NS(=O)(=O)c2ccc(C(=O)OC)cc2)cc1S(=O)(=O)N(C)C. The van der Waals surface area contributed by atoms with E-state index in [2.05, 4.69) is 9.46 Å². The zero-order chi connectivity index (χ0) is 21.8. The lowest BCUT2D eigenvalue weighted by Gasteiger charge is -2.17. The van der Waals surface area contributed by atoms with Crippen LogP contribution < -0.4 is 9.46 Å². The molecule has 0 aromatic heterocycles. The van der Waals surface area contributed by atoms with Crippen LogP contribution in [0.5, 0.6) is 5.75 Å². The van der Waals surface area contributed by atoms with E-state index < -0.39 is 26.0 Å². The van der Waals surface area contributed by atoms with Crippen molar-refractivity contribution in [3.63, 3.8) is 0 Å². The van der Waals surface area contributed by atoms with E-state index in [1.165, 1.54) is 63.7 Å². The topological polar surface area (TPSA) is 119 Å². The van der Waals surface area contributed by atoms with Gasteiger partial charge in [0.25, 0.3) is 10.0 Å². The maximum absolute atomic E-state index is 12.6. The van der Waals surface area contributed by atoms with Crippen LogP contribution in [0, 0.1) is 0 Å². The van der Waals surface area contributed by atoms with Gasteiger partial charge < -0.3 is 9.47 Å². The molecule has 0 saturated carbocycles. The molecule has 29 heavy (non-hydrogen) atoms. The van der Waals surface area contributed by atoms with Crippen molar-refractivity contribution < 1.29 is 31.1 Å². The summed E-state index contributed by atoms with van der Waals surface area (Å²) in [5.74, 6) is -0.474. The molecule has 0 aliphatic rings. The first kappa shape index (κ1) is 22.7. The van der Waals surface area contributed by atoms with Crippen molar-refractivity contribution in [1.29, 1.82) is 0 Å². The number of hydrogen-bond donors (Lipinski definition) is 1. The van der Waals surface area contributed by atoms with Gasteiger partial charge >= 0.3 is 5.97 Å². The number of hydrogen-bond acceptors (Lipinski definition) is 7. The summed E-state index contributed by atoms with van der Waals surface area (Å²) in [5.41, 5.74) is 0.248. The zero-order valence-electron chi connectivity index (χ0n) is 16.4. The molecule has 0 aliphatic heterocycles. The van der Waals surface area contributed by atoms with Crippen LogP contribution in [0.3, 0.4) is 0 Å². The summed E-state index contributed by atoms with van der Waals surface area (Å²) < 4.78 is 63.7. The molecule has 11 heteroatoms. The summed E-state index contributed by atoms with van der Waals surface area (Å²) in [6, 6.07) is 9.13. The van der Waals surface area contributed by atoms with Gasteiger partial charge in [0, 0.05) is 14.1 Å². The Morgan fingerprint density at radius 2 is 1.66 bits per heavy atom. The smallest absolute Gasteiger partial charge is 0.337 e. The van der Waals surface area contributed by atoms with Crippen LogP contribution in [0.2, 0.25) is 0 Å². The van der Waals surface area contributed by atoms with Crippen molar-refractivity contribution in [2.75, 3.05) is 32.5 Å². The lowest BCUT2D eigenvalue weighted by Crippen LogP contribution is -2.23. The predicted octanol–water partition coefficient (Wildman–Crippen LogP) is 1.92. The summed E-state index contributed by atoms with van der Waals surface area (Å²) in [5, 5.41) is 0. The lowest BCUT2D eigenvalue weighted by atomic mass is 10.2. The molecule has 0 spiro atoms. The van der Waals surface area contributed by atoms with Crippen LogP contribution in [0.15, 0.2) is 52.3 Å². The van der Waals surface area contributed by atoms with Crippen molar-refractivity contribution in [2.24, 2.45) is 0 Å². The minimum atomic E-state index is -4.02. The first-order valence-corrected chi connectivity index (χ1v) is 11.4. The number of carbonyl (C=O) groups excluding carboxylic acids is 1. The molecule has 2 aromatic carbocycles. The summed E-state index contributed by atoms with van der Waals surface area (Å²) in [6.45, 7) is 1.95. The Kier molecular flexibility index (Phi) is 6.88. The van der Waals surface area contributed by atoms with Crippen LogP contribution in [-0.4, -0.2) is 54.9 Å². The summed E-state index contributed by atoms with van der Waals surface area (Å²) >= 11 is 0. The van der Waals surface area contributed by atoms with E-state index >= 15 is 0 Å². The van der Waals surface area contributed by atoms with Crippen LogP contribution in [-0.2, 0) is 24.8 Å². The second-order valence-corrected chi connectivity index (χ2v) is 9.81. The molecule has 0 saturated heterocycles. The molecule has 2 aromatic rings. The Balaban J connectivity index is 2.41. The highest BCUT2D eigenvalue weighted by Gasteiger charge is 2.24. The van der Waals surface area contributed by atoms with E-state index in [0.29, 0.717) is 0 Å². The number of methoxy groups -OCH3 is 1. The number of nitrogens with zero attached hydrogens (tertiary/aromatic N) is 1. The highest BCUT2D eigenvalue weighted by atomic mass is 32.2. The number of sulfonamides is 2. The third-order valence-corrected chi connectivity index (χ3v) is 7.07. The molecule has 2 rings (SSSR count). The zero-order valence-corrected chi connectivity index (χ0v) is 18.0. The number of carbonyl (C=O) groups is 1. The highest BCUT2D eigenvalue weighted by molar-refractivity contribution is 7.92. The quantitative estimate of drug-likeness (QED) is 0.620. The van der Waals surface area contributed by atoms with E-state index in [1.54, 1.807) is 6.92 Å². The maximum atomic E-state index is 12.6. The molecule has 0 unspecified atom stereocenters. The number of ether oxygens (including phenoxy) is 2. The van der Waals surface area contributed by atoms with Crippen LogP contribution in [0.4, 0.5) is 5.69 Å². The first-order chi connectivity index (χ1) is 13.5. The summed E-state index contributed by atoms with van der Waals surface area (Å²) in [6.07, 6.45) is 0. The van der Waals surface area contributed by atoms with Gasteiger partial charge in [0.05, 0.1) is 29.9 Å². The second-order valence-electron chi connectivity index (χ2n) is 6.00. The number of nitrogens with one attached hydrogen (secondary N) is 1. The average Bonchev–Trinajstić information content (AvgIpc) is 2.68. The molecule has 9 nitrogen and oxygen atoms in total. The van der Waals surface area contributed by atoms with Crippen molar-refractivity contribution >= 4 is 31.7 Å². The summed E-state index contributed by atoms with van der Waals surface area (Å²) in [7, 11) is -3.94. The van der Waals surface area contributed by atoms with E-state index in [0.717, 1.165) is 4.31 Å². The normalized spacial score (nSPS) is 11.9. The van der Waals surface area contributed by atoms with Gasteiger partial charge in [-0.3, -0.25) is 4.72 Å². The van der Waals surface area contributed by atoms with Gasteiger partial charge in [-0.15, -0.1) is 0 Å². The number of anilines is 1. The van der Waals surface area contributed by atoms with E-state index in [9.17, 15) is 21.6 Å². The predicted molar refractivity (Wildman–Crippen MR) is 107 cm³/mol. The lowest BCUT2D eigenvalue weighted by molar-refractivity contribution is 0.0600. The van der Waals surface area contributed by atoms with Gasteiger partial charge in [-0.05, 0) is 49.4 Å². The van der Waals surface area contributed by atoms with Gasteiger partial charge in [0.2, 0.25) is 10.0 Å². The number of rotatable bonds is 8. The molecule has 0 aliphatic carbocycles. The highest BCUT2D eigenvalue weighted by Crippen LogP contribution is 2.30. The Morgan fingerprint density at radius 1 is 1.03 bits per heavy atom. The molecule has 1 N–H and O–H groups in total. The molecular weight excluding hydrogens is 420 g/mol.